The Morgan fingerprint density at radius 1 is 1.41 bits per heavy atom. The van der Waals surface area contributed by atoms with Crippen molar-refractivity contribution < 1.29 is 14.7 Å². The number of hydrogen-bond donors (Lipinski definition) is 2. The van der Waals surface area contributed by atoms with E-state index in [0.29, 0.717) is 0 Å². The molecule has 1 rings (SSSR count). The van der Waals surface area contributed by atoms with Crippen LogP contribution in [0.25, 0.3) is 0 Å². The summed E-state index contributed by atoms with van der Waals surface area (Å²) in [6, 6.07) is 0. The molecule has 2 N–H and O–H groups in total. The van der Waals surface area contributed by atoms with Gasteiger partial charge in [-0.25, -0.2) is 0 Å². The molecule has 1 aliphatic carbocycles. The molecule has 0 radical (unpaired) electrons. The number of nitrogens with one attached hydrogen (secondary N) is 1. The summed E-state index contributed by atoms with van der Waals surface area (Å²) in [6.07, 6.45) is 5.60. The number of rotatable bonds is 6. The van der Waals surface area contributed by atoms with E-state index in [-0.39, 0.29) is 18.2 Å². The molecule has 5 heteroatoms. The Kier molecular flexibility index (Phi) is 5.31. The Balaban J connectivity index is 2.60. The van der Waals surface area contributed by atoms with Gasteiger partial charge in [0.2, 0.25) is 5.91 Å². The minimum atomic E-state index is -0.829. The van der Waals surface area contributed by atoms with Crippen molar-refractivity contribution in [2.24, 2.45) is 5.92 Å². The molecule has 0 aliphatic heterocycles. The molecule has 0 bridgehead atoms. The number of carbonyl (C=O) groups is 2. The summed E-state index contributed by atoms with van der Waals surface area (Å²) in [5.74, 6) is -0.127. The van der Waals surface area contributed by atoms with E-state index < -0.39 is 11.5 Å². The molecule has 4 nitrogen and oxygen atoms in total. The lowest BCUT2D eigenvalue weighted by atomic mass is 9.92. The van der Waals surface area contributed by atoms with Gasteiger partial charge in [0, 0.05) is 11.7 Å². The van der Waals surface area contributed by atoms with Crippen LogP contribution in [0.5, 0.6) is 0 Å². The lowest BCUT2D eigenvalue weighted by molar-refractivity contribution is -0.139. The van der Waals surface area contributed by atoms with Gasteiger partial charge in [-0.15, -0.1) is 0 Å². The van der Waals surface area contributed by atoms with Gasteiger partial charge in [0.25, 0.3) is 0 Å². The first kappa shape index (κ1) is 14.4. The number of carboxylic acid groups (broad SMARTS) is 1. The van der Waals surface area contributed by atoms with Crippen molar-refractivity contribution in [2.75, 3.05) is 12.0 Å². The zero-order valence-corrected chi connectivity index (χ0v) is 11.3. The third-order valence-electron chi connectivity index (χ3n) is 3.30. The number of amides is 1. The van der Waals surface area contributed by atoms with E-state index in [9.17, 15) is 9.59 Å². The molecule has 1 saturated carbocycles. The van der Waals surface area contributed by atoms with Gasteiger partial charge in [-0.05, 0) is 19.1 Å². The second-order valence-corrected chi connectivity index (χ2v) is 5.81. The van der Waals surface area contributed by atoms with Crippen LogP contribution in [0.2, 0.25) is 0 Å². The lowest BCUT2D eigenvalue weighted by Gasteiger charge is -2.30. The van der Waals surface area contributed by atoms with Gasteiger partial charge in [0.15, 0.2) is 0 Å². The molecule has 0 aromatic rings. The van der Waals surface area contributed by atoms with Crippen LogP contribution in [0.4, 0.5) is 0 Å². The Hall–Kier alpha value is -0.710. The third kappa shape index (κ3) is 4.22. The molecule has 1 atom stereocenters. The van der Waals surface area contributed by atoms with Crippen LogP contribution in [0.15, 0.2) is 0 Å². The molecule has 0 saturated heterocycles. The zero-order valence-electron chi connectivity index (χ0n) is 10.5. The van der Waals surface area contributed by atoms with Gasteiger partial charge >= 0.3 is 5.97 Å². The average molecular weight is 259 g/mol. The molecule has 0 heterocycles. The molecule has 98 valence electrons. The topological polar surface area (TPSA) is 66.4 Å². The first-order valence-electron chi connectivity index (χ1n) is 6.02. The number of aliphatic carboxylic acids is 1. The number of carboxylic acids is 1. The number of carbonyl (C=O) groups excluding carboxylic acids is 1. The highest BCUT2D eigenvalue weighted by atomic mass is 32.2. The summed E-state index contributed by atoms with van der Waals surface area (Å²) >= 11 is 1.63. The highest BCUT2D eigenvalue weighted by molar-refractivity contribution is 7.98. The molecule has 17 heavy (non-hydrogen) atoms. The Morgan fingerprint density at radius 2 is 2.00 bits per heavy atom. The lowest BCUT2D eigenvalue weighted by Crippen LogP contribution is -2.49. The predicted molar refractivity (Wildman–Crippen MR) is 69.1 cm³/mol. The van der Waals surface area contributed by atoms with E-state index in [1.54, 1.807) is 11.8 Å². The van der Waals surface area contributed by atoms with Crippen molar-refractivity contribution in [3.63, 3.8) is 0 Å². The van der Waals surface area contributed by atoms with Crippen molar-refractivity contribution in [2.45, 2.75) is 44.6 Å². The molecule has 0 spiro atoms. The summed E-state index contributed by atoms with van der Waals surface area (Å²) in [6.45, 7) is 1.88. The van der Waals surface area contributed by atoms with Gasteiger partial charge in [-0.3, -0.25) is 9.59 Å². The van der Waals surface area contributed by atoms with Crippen molar-refractivity contribution in [3.05, 3.63) is 0 Å². The number of hydrogen-bond acceptors (Lipinski definition) is 3. The summed E-state index contributed by atoms with van der Waals surface area (Å²) in [7, 11) is 0. The normalized spacial score (nSPS) is 19.9. The maximum atomic E-state index is 12.0. The van der Waals surface area contributed by atoms with E-state index >= 15 is 0 Å². The van der Waals surface area contributed by atoms with E-state index in [4.69, 9.17) is 5.11 Å². The zero-order chi connectivity index (χ0) is 12.9. The van der Waals surface area contributed by atoms with Crippen LogP contribution in [0.3, 0.4) is 0 Å². The summed E-state index contributed by atoms with van der Waals surface area (Å²) in [4.78, 5) is 22.8. The maximum Gasteiger partial charge on any atom is 0.305 e. The Labute approximate surface area is 107 Å². The fourth-order valence-corrected chi connectivity index (χ4v) is 3.05. The first-order valence-corrected chi connectivity index (χ1v) is 7.41. The predicted octanol–water partition coefficient (Wildman–Crippen LogP) is 1.89. The second-order valence-electron chi connectivity index (χ2n) is 4.90. The number of thioether (sulfide) groups is 1. The van der Waals surface area contributed by atoms with Crippen LogP contribution in [-0.2, 0) is 9.59 Å². The summed E-state index contributed by atoms with van der Waals surface area (Å²) in [5, 5.41) is 11.9. The molecule has 1 fully saturated rings. The van der Waals surface area contributed by atoms with Crippen molar-refractivity contribution >= 4 is 23.6 Å². The molecule has 0 aromatic heterocycles. The minimum Gasteiger partial charge on any atom is -0.481 e. The first-order chi connectivity index (χ1) is 7.99. The van der Waals surface area contributed by atoms with E-state index in [2.05, 4.69) is 5.32 Å². The van der Waals surface area contributed by atoms with E-state index in [0.717, 1.165) is 31.4 Å². The smallest absolute Gasteiger partial charge is 0.305 e. The Bertz CT molecular complexity index is 287. The minimum absolute atomic E-state index is 0.0116. The average Bonchev–Trinajstić information content (AvgIpc) is 2.65. The van der Waals surface area contributed by atoms with Crippen molar-refractivity contribution in [1.29, 1.82) is 0 Å². The molecule has 1 aliphatic rings. The van der Waals surface area contributed by atoms with E-state index in [1.165, 1.54) is 0 Å². The van der Waals surface area contributed by atoms with Gasteiger partial charge < -0.3 is 10.4 Å². The SMILES string of the molecule is CSCC(C)C(=O)NC1(CC(=O)O)CCCC1. The van der Waals surface area contributed by atoms with Gasteiger partial charge in [-0.2, -0.15) is 11.8 Å². The van der Waals surface area contributed by atoms with Crippen LogP contribution in [0.1, 0.15) is 39.0 Å². The maximum absolute atomic E-state index is 12.0. The summed E-state index contributed by atoms with van der Waals surface area (Å²) in [5.41, 5.74) is -0.490. The Morgan fingerprint density at radius 3 is 2.47 bits per heavy atom. The highest BCUT2D eigenvalue weighted by Crippen LogP contribution is 2.33. The van der Waals surface area contributed by atoms with Crippen LogP contribution in [0, 0.1) is 5.92 Å². The quantitative estimate of drug-likeness (QED) is 0.764. The van der Waals surface area contributed by atoms with Crippen molar-refractivity contribution in [1.82, 2.24) is 5.32 Å². The fourth-order valence-electron chi connectivity index (χ4n) is 2.40. The van der Waals surface area contributed by atoms with Gasteiger partial charge in [-0.1, -0.05) is 19.8 Å². The van der Waals surface area contributed by atoms with Crippen LogP contribution >= 0.6 is 11.8 Å². The standard InChI is InChI=1S/C12H21NO3S/c1-9(8-17-2)11(16)13-12(7-10(14)15)5-3-4-6-12/h9H,3-8H2,1-2H3,(H,13,16)(H,14,15). The molecule has 1 amide bonds. The molecular weight excluding hydrogens is 238 g/mol. The molecule has 0 aromatic carbocycles. The molecular formula is C12H21NO3S. The third-order valence-corrected chi connectivity index (χ3v) is 4.14. The highest BCUT2D eigenvalue weighted by Gasteiger charge is 2.38. The van der Waals surface area contributed by atoms with Crippen LogP contribution in [-0.4, -0.2) is 34.5 Å². The summed E-state index contributed by atoms with van der Waals surface area (Å²) < 4.78 is 0. The van der Waals surface area contributed by atoms with E-state index in [1.807, 2.05) is 13.2 Å². The van der Waals surface area contributed by atoms with Gasteiger partial charge in [0.05, 0.1) is 12.0 Å². The van der Waals surface area contributed by atoms with Gasteiger partial charge in [0.1, 0.15) is 0 Å². The second kappa shape index (κ2) is 6.28. The molecule has 1 unspecified atom stereocenters. The van der Waals surface area contributed by atoms with Crippen LogP contribution < -0.4 is 5.32 Å². The fraction of sp³-hybridized carbons (Fsp3) is 0.833. The monoisotopic (exact) mass is 259 g/mol. The van der Waals surface area contributed by atoms with Crippen molar-refractivity contribution in [3.8, 4) is 0 Å². The largest absolute Gasteiger partial charge is 0.481 e.